The molecule has 0 aliphatic carbocycles. The average Bonchev–Trinajstić information content (AvgIpc) is 2.80. The molecule has 1 fully saturated rings. The third-order valence-electron chi connectivity index (χ3n) is 3.27. The van der Waals surface area contributed by atoms with Crippen LogP contribution in [0.25, 0.3) is 0 Å². The first-order valence-electron chi connectivity index (χ1n) is 6.39. The second-order valence-electron chi connectivity index (χ2n) is 4.54. The zero-order chi connectivity index (χ0) is 13.0. The largest absolute Gasteiger partial charge is 0.494 e. The molecule has 0 saturated carbocycles. The van der Waals surface area contributed by atoms with Crippen LogP contribution in [0.2, 0.25) is 0 Å². The summed E-state index contributed by atoms with van der Waals surface area (Å²) in [7, 11) is 0. The molecule has 1 aliphatic heterocycles. The van der Waals surface area contributed by atoms with Crippen molar-refractivity contribution in [3.8, 4) is 5.75 Å². The Hall–Kier alpha value is -1.55. The molecule has 0 bridgehead atoms. The van der Waals surface area contributed by atoms with E-state index in [1.54, 1.807) is 0 Å². The summed E-state index contributed by atoms with van der Waals surface area (Å²) in [5.74, 6) is 0.149. The number of benzene rings is 1. The number of aliphatic carboxylic acids is 1. The molecular weight excluding hydrogens is 230 g/mol. The van der Waals surface area contributed by atoms with Gasteiger partial charge in [0.2, 0.25) is 0 Å². The molecule has 1 aromatic rings. The number of hydrogen-bond acceptors (Lipinski definition) is 3. The van der Waals surface area contributed by atoms with Crippen molar-refractivity contribution in [2.45, 2.75) is 32.4 Å². The SMILES string of the molecule is CCOc1ccc(CN2CCC[C@@H]2C(=O)O)cc1. The highest BCUT2D eigenvalue weighted by Crippen LogP contribution is 2.21. The Morgan fingerprint density at radius 2 is 2.17 bits per heavy atom. The molecule has 0 spiro atoms. The Labute approximate surface area is 107 Å². The fourth-order valence-corrected chi connectivity index (χ4v) is 2.39. The molecule has 2 rings (SSSR count). The van der Waals surface area contributed by atoms with E-state index in [2.05, 4.69) is 0 Å². The van der Waals surface area contributed by atoms with Gasteiger partial charge in [-0.3, -0.25) is 9.69 Å². The predicted molar refractivity (Wildman–Crippen MR) is 68.7 cm³/mol. The van der Waals surface area contributed by atoms with Crippen molar-refractivity contribution in [2.75, 3.05) is 13.2 Å². The van der Waals surface area contributed by atoms with Gasteiger partial charge in [-0.1, -0.05) is 12.1 Å². The minimum absolute atomic E-state index is 0.323. The van der Waals surface area contributed by atoms with Crippen molar-refractivity contribution in [2.24, 2.45) is 0 Å². The summed E-state index contributed by atoms with van der Waals surface area (Å²) >= 11 is 0. The van der Waals surface area contributed by atoms with Crippen LogP contribution in [-0.4, -0.2) is 35.2 Å². The van der Waals surface area contributed by atoms with Gasteiger partial charge in [-0.2, -0.15) is 0 Å². The molecule has 18 heavy (non-hydrogen) atoms. The molecule has 98 valence electrons. The lowest BCUT2D eigenvalue weighted by atomic mass is 10.2. The van der Waals surface area contributed by atoms with Crippen molar-refractivity contribution in [3.63, 3.8) is 0 Å². The van der Waals surface area contributed by atoms with Crippen molar-refractivity contribution < 1.29 is 14.6 Å². The Bertz CT molecular complexity index is 402. The van der Waals surface area contributed by atoms with Crippen molar-refractivity contribution in [1.29, 1.82) is 0 Å². The van der Waals surface area contributed by atoms with Crippen molar-refractivity contribution in [3.05, 3.63) is 29.8 Å². The number of nitrogens with zero attached hydrogens (tertiary/aromatic N) is 1. The molecule has 0 aromatic heterocycles. The molecule has 1 aliphatic rings. The monoisotopic (exact) mass is 249 g/mol. The van der Waals surface area contributed by atoms with Gasteiger partial charge in [-0.05, 0) is 44.0 Å². The number of carboxylic acid groups (broad SMARTS) is 1. The van der Waals surface area contributed by atoms with Crippen LogP contribution in [0.1, 0.15) is 25.3 Å². The van der Waals surface area contributed by atoms with E-state index in [0.29, 0.717) is 13.2 Å². The van der Waals surface area contributed by atoms with Gasteiger partial charge in [0, 0.05) is 6.54 Å². The lowest BCUT2D eigenvalue weighted by molar-refractivity contribution is -0.142. The summed E-state index contributed by atoms with van der Waals surface area (Å²) in [5, 5.41) is 9.11. The summed E-state index contributed by atoms with van der Waals surface area (Å²) < 4.78 is 5.38. The van der Waals surface area contributed by atoms with E-state index in [9.17, 15) is 4.79 Å². The Morgan fingerprint density at radius 1 is 1.44 bits per heavy atom. The number of ether oxygens (including phenoxy) is 1. The van der Waals surface area contributed by atoms with E-state index in [-0.39, 0.29) is 6.04 Å². The molecule has 0 amide bonds. The lowest BCUT2D eigenvalue weighted by Crippen LogP contribution is -2.35. The van der Waals surface area contributed by atoms with Crippen molar-refractivity contribution in [1.82, 2.24) is 4.90 Å². The van der Waals surface area contributed by atoms with Gasteiger partial charge in [-0.15, -0.1) is 0 Å². The van der Waals surface area contributed by atoms with E-state index in [4.69, 9.17) is 9.84 Å². The number of rotatable bonds is 5. The minimum atomic E-state index is -0.710. The summed E-state index contributed by atoms with van der Waals surface area (Å²) in [6.45, 7) is 4.18. The smallest absolute Gasteiger partial charge is 0.320 e. The second kappa shape index (κ2) is 5.87. The molecule has 0 radical (unpaired) electrons. The molecule has 1 atom stereocenters. The van der Waals surface area contributed by atoms with Gasteiger partial charge in [0.1, 0.15) is 11.8 Å². The van der Waals surface area contributed by atoms with Crippen LogP contribution in [0.3, 0.4) is 0 Å². The van der Waals surface area contributed by atoms with Crippen LogP contribution in [-0.2, 0) is 11.3 Å². The maximum Gasteiger partial charge on any atom is 0.320 e. The maximum absolute atomic E-state index is 11.1. The van der Waals surface area contributed by atoms with E-state index >= 15 is 0 Å². The van der Waals surface area contributed by atoms with Gasteiger partial charge in [0.05, 0.1) is 6.61 Å². The standard InChI is InChI=1S/C14H19NO3/c1-2-18-12-7-5-11(6-8-12)10-15-9-3-4-13(15)14(16)17/h5-8,13H,2-4,9-10H2,1H3,(H,16,17)/t13-/m1/s1. The van der Waals surface area contributed by atoms with Gasteiger partial charge < -0.3 is 9.84 Å². The Balaban J connectivity index is 1.98. The molecule has 4 nitrogen and oxygen atoms in total. The lowest BCUT2D eigenvalue weighted by Gasteiger charge is -2.21. The third kappa shape index (κ3) is 3.01. The summed E-state index contributed by atoms with van der Waals surface area (Å²) in [6, 6.07) is 7.55. The quantitative estimate of drug-likeness (QED) is 0.868. The third-order valence-corrected chi connectivity index (χ3v) is 3.27. The highest BCUT2D eigenvalue weighted by Gasteiger charge is 2.30. The zero-order valence-corrected chi connectivity index (χ0v) is 10.6. The van der Waals surface area contributed by atoms with Crippen LogP contribution in [0, 0.1) is 0 Å². The fraction of sp³-hybridized carbons (Fsp3) is 0.500. The van der Waals surface area contributed by atoms with Crippen LogP contribution < -0.4 is 4.74 Å². The van der Waals surface area contributed by atoms with Crippen LogP contribution >= 0.6 is 0 Å². The first-order chi connectivity index (χ1) is 8.70. The van der Waals surface area contributed by atoms with E-state index in [1.807, 2.05) is 36.1 Å². The zero-order valence-electron chi connectivity index (χ0n) is 10.6. The van der Waals surface area contributed by atoms with Crippen LogP contribution in [0.4, 0.5) is 0 Å². The minimum Gasteiger partial charge on any atom is -0.494 e. The van der Waals surface area contributed by atoms with Gasteiger partial charge >= 0.3 is 5.97 Å². The highest BCUT2D eigenvalue weighted by molar-refractivity contribution is 5.73. The maximum atomic E-state index is 11.1. The fourth-order valence-electron chi connectivity index (χ4n) is 2.39. The Kier molecular flexibility index (Phi) is 4.20. The molecular formula is C14H19NO3. The topological polar surface area (TPSA) is 49.8 Å². The first kappa shape index (κ1) is 12.9. The van der Waals surface area contributed by atoms with E-state index in [1.165, 1.54) is 0 Å². The van der Waals surface area contributed by atoms with Gasteiger partial charge in [0.25, 0.3) is 0 Å². The molecule has 0 unspecified atom stereocenters. The first-order valence-corrected chi connectivity index (χ1v) is 6.39. The molecule has 1 saturated heterocycles. The molecule has 1 N–H and O–H groups in total. The van der Waals surface area contributed by atoms with E-state index < -0.39 is 5.97 Å². The average molecular weight is 249 g/mol. The van der Waals surface area contributed by atoms with Gasteiger partial charge in [-0.25, -0.2) is 0 Å². The molecule has 1 aromatic carbocycles. The number of hydrogen-bond donors (Lipinski definition) is 1. The normalized spacial score (nSPS) is 19.9. The summed E-state index contributed by atoms with van der Waals surface area (Å²) in [6.07, 6.45) is 1.72. The molecule has 4 heteroatoms. The summed E-state index contributed by atoms with van der Waals surface area (Å²) in [5.41, 5.74) is 1.13. The van der Waals surface area contributed by atoms with Crippen molar-refractivity contribution >= 4 is 5.97 Å². The highest BCUT2D eigenvalue weighted by atomic mass is 16.5. The van der Waals surface area contributed by atoms with Crippen LogP contribution in [0.5, 0.6) is 5.75 Å². The second-order valence-corrected chi connectivity index (χ2v) is 4.54. The number of carbonyl (C=O) groups is 1. The Morgan fingerprint density at radius 3 is 2.78 bits per heavy atom. The number of carboxylic acids is 1. The predicted octanol–water partition coefficient (Wildman–Crippen LogP) is 2.13. The van der Waals surface area contributed by atoms with Gasteiger partial charge in [0.15, 0.2) is 0 Å². The van der Waals surface area contributed by atoms with Crippen LogP contribution in [0.15, 0.2) is 24.3 Å². The molecule has 1 heterocycles. The summed E-state index contributed by atoms with van der Waals surface area (Å²) in [4.78, 5) is 13.1. The number of likely N-dealkylation sites (tertiary alicyclic amines) is 1. The van der Waals surface area contributed by atoms with E-state index in [0.717, 1.165) is 30.7 Å².